The molecule has 1 aromatic heterocycles. The van der Waals surface area contributed by atoms with Crippen molar-refractivity contribution in [2.45, 2.75) is 26.8 Å². The monoisotopic (exact) mass is 190 g/mol. The lowest BCUT2D eigenvalue weighted by Crippen LogP contribution is -2.18. The van der Waals surface area contributed by atoms with E-state index in [1.54, 1.807) is 0 Å². The molecular formula is C12H18N2. The number of nitrogens with one attached hydrogen (secondary N) is 1. The van der Waals surface area contributed by atoms with Crippen LogP contribution in [0.1, 0.15) is 29.9 Å². The number of aromatic nitrogens is 1. The van der Waals surface area contributed by atoms with Gasteiger partial charge in [0.25, 0.3) is 0 Å². The quantitative estimate of drug-likeness (QED) is 0.741. The van der Waals surface area contributed by atoms with Gasteiger partial charge in [-0.05, 0) is 45.5 Å². The third-order valence-corrected chi connectivity index (χ3v) is 2.19. The highest BCUT2D eigenvalue weighted by Gasteiger charge is 2.11. The summed E-state index contributed by atoms with van der Waals surface area (Å²) >= 11 is 0. The average Bonchev–Trinajstić information content (AvgIpc) is 2.02. The topological polar surface area (TPSA) is 24.9 Å². The van der Waals surface area contributed by atoms with Gasteiger partial charge < -0.3 is 5.32 Å². The Kier molecular flexibility index (Phi) is 3.42. The fourth-order valence-electron chi connectivity index (χ4n) is 1.67. The van der Waals surface area contributed by atoms with Crippen molar-refractivity contribution >= 4 is 0 Å². The molecule has 2 heteroatoms. The van der Waals surface area contributed by atoms with Gasteiger partial charge in [-0.3, -0.25) is 4.98 Å². The molecule has 0 bridgehead atoms. The normalized spacial score (nSPS) is 12.6. The van der Waals surface area contributed by atoms with Gasteiger partial charge in [0.2, 0.25) is 0 Å². The van der Waals surface area contributed by atoms with Crippen molar-refractivity contribution in [3.05, 3.63) is 41.2 Å². The maximum atomic E-state index is 4.50. The van der Waals surface area contributed by atoms with E-state index >= 15 is 0 Å². The van der Waals surface area contributed by atoms with Crippen molar-refractivity contribution in [2.24, 2.45) is 0 Å². The van der Waals surface area contributed by atoms with Crippen LogP contribution in [0.5, 0.6) is 0 Å². The SMILES string of the molecule is C=C(C)C(NC)c1cc(C)cc(C)n1. The second-order valence-electron chi connectivity index (χ2n) is 3.78. The highest BCUT2D eigenvalue weighted by molar-refractivity contribution is 5.26. The number of likely N-dealkylation sites (N-methyl/N-ethyl adjacent to an activating group) is 1. The first-order valence-corrected chi connectivity index (χ1v) is 4.82. The minimum atomic E-state index is 0.161. The summed E-state index contributed by atoms with van der Waals surface area (Å²) in [5.74, 6) is 0. The van der Waals surface area contributed by atoms with Crippen molar-refractivity contribution in [2.75, 3.05) is 7.05 Å². The van der Waals surface area contributed by atoms with E-state index < -0.39 is 0 Å². The van der Waals surface area contributed by atoms with Gasteiger partial charge in [0.15, 0.2) is 0 Å². The number of pyridine rings is 1. The molecular weight excluding hydrogens is 172 g/mol. The number of hydrogen-bond acceptors (Lipinski definition) is 2. The molecule has 1 unspecified atom stereocenters. The predicted octanol–water partition coefficient (Wildman–Crippen LogP) is 2.54. The van der Waals surface area contributed by atoms with E-state index in [1.165, 1.54) is 5.56 Å². The highest BCUT2D eigenvalue weighted by atomic mass is 14.9. The van der Waals surface area contributed by atoms with E-state index in [1.807, 2.05) is 20.9 Å². The summed E-state index contributed by atoms with van der Waals surface area (Å²) in [6.45, 7) is 10.1. The summed E-state index contributed by atoms with van der Waals surface area (Å²) in [5.41, 5.74) is 4.44. The second kappa shape index (κ2) is 4.38. The molecule has 0 saturated heterocycles. The predicted molar refractivity (Wildman–Crippen MR) is 60.3 cm³/mol. The molecule has 76 valence electrons. The number of nitrogens with zero attached hydrogens (tertiary/aromatic N) is 1. The number of aryl methyl sites for hydroxylation is 2. The van der Waals surface area contributed by atoms with Crippen LogP contribution in [0.2, 0.25) is 0 Å². The zero-order chi connectivity index (χ0) is 10.7. The fraction of sp³-hybridized carbons (Fsp3) is 0.417. The Labute approximate surface area is 86.1 Å². The van der Waals surface area contributed by atoms with Crippen LogP contribution in [0.3, 0.4) is 0 Å². The third-order valence-electron chi connectivity index (χ3n) is 2.19. The molecule has 14 heavy (non-hydrogen) atoms. The van der Waals surface area contributed by atoms with Gasteiger partial charge in [-0.25, -0.2) is 0 Å². The van der Waals surface area contributed by atoms with E-state index in [0.717, 1.165) is 17.0 Å². The largest absolute Gasteiger partial charge is 0.308 e. The molecule has 0 aliphatic heterocycles. The van der Waals surface area contributed by atoms with Crippen LogP contribution in [-0.4, -0.2) is 12.0 Å². The molecule has 0 aromatic carbocycles. The van der Waals surface area contributed by atoms with E-state index in [2.05, 4.69) is 35.9 Å². The van der Waals surface area contributed by atoms with Crippen LogP contribution in [-0.2, 0) is 0 Å². The van der Waals surface area contributed by atoms with Gasteiger partial charge in [-0.2, -0.15) is 0 Å². The molecule has 0 amide bonds. The minimum Gasteiger partial charge on any atom is -0.308 e. The Balaban J connectivity index is 3.10. The summed E-state index contributed by atoms with van der Waals surface area (Å²) < 4.78 is 0. The van der Waals surface area contributed by atoms with Crippen LogP contribution in [0, 0.1) is 13.8 Å². The molecule has 1 atom stereocenters. The second-order valence-corrected chi connectivity index (χ2v) is 3.78. The minimum absolute atomic E-state index is 0.161. The molecule has 0 spiro atoms. The van der Waals surface area contributed by atoms with Crippen molar-refractivity contribution in [3.8, 4) is 0 Å². The molecule has 1 N–H and O–H groups in total. The van der Waals surface area contributed by atoms with E-state index in [0.29, 0.717) is 0 Å². The molecule has 2 nitrogen and oxygen atoms in total. The maximum absolute atomic E-state index is 4.50. The lowest BCUT2D eigenvalue weighted by atomic mass is 10.0. The van der Waals surface area contributed by atoms with Crippen molar-refractivity contribution in [1.82, 2.24) is 10.3 Å². The standard InChI is InChI=1S/C12H18N2/c1-8(2)12(13-5)11-7-9(3)6-10(4)14-11/h6-7,12-13H,1H2,2-5H3. The fourth-order valence-corrected chi connectivity index (χ4v) is 1.67. The highest BCUT2D eigenvalue weighted by Crippen LogP contribution is 2.18. The van der Waals surface area contributed by atoms with Crippen LogP contribution in [0.15, 0.2) is 24.3 Å². The summed E-state index contributed by atoms with van der Waals surface area (Å²) in [6, 6.07) is 4.34. The van der Waals surface area contributed by atoms with Crippen LogP contribution in [0.4, 0.5) is 0 Å². The third kappa shape index (κ3) is 2.42. The summed E-state index contributed by atoms with van der Waals surface area (Å²) in [4.78, 5) is 4.50. The van der Waals surface area contributed by atoms with Crippen molar-refractivity contribution in [3.63, 3.8) is 0 Å². The first-order valence-electron chi connectivity index (χ1n) is 4.82. The molecule has 1 rings (SSSR count). The van der Waals surface area contributed by atoms with Gasteiger partial charge in [-0.1, -0.05) is 12.2 Å². The zero-order valence-electron chi connectivity index (χ0n) is 9.39. The first-order chi connectivity index (χ1) is 6.54. The Bertz CT molecular complexity index is 322. The number of rotatable bonds is 3. The van der Waals surface area contributed by atoms with Crippen LogP contribution in [0.25, 0.3) is 0 Å². The molecule has 0 fully saturated rings. The Morgan fingerprint density at radius 3 is 2.50 bits per heavy atom. The van der Waals surface area contributed by atoms with Gasteiger partial charge in [0, 0.05) is 5.69 Å². The lowest BCUT2D eigenvalue weighted by molar-refractivity contribution is 0.657. The van der Waals surface area contributed by atoms with E-state index in [4.69, 9.17) is 0 Å². The van der Waals surface area contributed by atoms with Gasteiger partial charge in [0.05, 0.1) is 11.7 Å². The Hall–Kier alpha value is -1.15. The van der Waals surface area contributed by atoms with Crippen LogP contribution >= 0.6 is 0 Å². The lowest BCUT2D eigenvalue weighted by Gasteiger charge is -2.16. The summed E-state index contributed by atoms with van der Waals surface area (Å²) in [5, 5.41) is 3.21. The summed E-state index contributed by atoms with van der Waals surface area (Å²) in [7, 11) is 1.93. The number of hydrogen-bond donors (Lipinski definition) is 1. The first kappa shape index (κ1) is 10.9. The molecule has 0 aliphatic rings. The smallest absolute Gasteiger partial charge is 0.0703 e. The zero-order valence-corrected chi connectivity index (χ0v) is 9.39. The molecule has 1 aromatic rings. The molecule has 1 heterocycles. The van der Waals surface area contributed by atoms with E-state index in [-0.39, 0.29) is 6.04 Å². The Morgan fingerprint density at radius 2 is 2.07 bits per heavy atom. The van der Waals surface area contributed by atoms with Gasteiger partial charge in [-0.15, -0.1) is 0 Å². The maximum Gasteiger partial charge on any atom is 0.0703 e. The van der Waals surface area contributed by atoms with Crippen LogP contribution < -0.4 is 5.32 Å². The van der Waals surface area contributed by atoms with Crippen molar-refractivity contribution in [1.29, 1.82) is 0 Å². The van der Waals surface area contributed by atoms with Crippen molar-refractivity contribution < 1.29 is 0 Å². The average molecular weight is 190 g/mol. The van der Waals surface area contributed by atoms with Gasteiger partial charge in [0.1, 0.15) is 0 Å². The molecule has 0 aliphatic carbocycles. The van der Waals surface area contributed by atoms with Gasteiger partial charge >= 0.3 is 0 Å². The molecule has 0 radical (unpaired) electrons. The Morgan fingerprint density at radius 1 is 1.43 bits per heavy atom. The summed E-state index contributed by atoms with van der Waals surface area (Å²) in [6.07, 6.45) is 0. The molecule has 0 saturated carbocycles. The van der Waals surface area contributed by atoms with E-state index in [9.17, 15) is 0 Å².